The van der Waals surface area contributed by atoms with Crippen LogP contribution in [0.2, 0.25) is 0 Å². The molecular formula is C20H21N5O3. The Morgan fingerprint density at radius 1 is 1.29 bits per heavy atom. The number of ether oxygens (including phenoxy) is 1. The number of methoxy groups -OCH3 is 1. The van der Waals surface area contributed by atoms with Crippen molar-refractivity contribution in [3.63, 3.8) is 0 Å². The highest BCUT2D eigenvalue weighted by atomic mass is 16.5. The first kappa shape index (κ1) is 18.1. The van der Waals surface area contributed by atoms with Gasteiger partial charge in [0.25, 0.3) is 5.91 Å². The number of hydrogen-bond donors (Lipinski definition) is 1. The molecule has 8 nitrogen and oxygen atoms in total. The first-order valence-electron chi connectivity index (χ1n) is 9.03. The van der Waals surface area contributed by atoms with Gasteiger partial charge in [-0.1, -0.05) is 5.16 Å². The largest absolute Gasteiger partial charge is 0.497 e. The van der Waals surface area contributed by atoms with Gasteiger partial charge in [-0.25, -0.2) is 0 Å². The van der Waals surface area contributed by atoms with Crippen molar-refractivity contribution in [1.82, 2.24) is 25.3 Å². The first-order valence-corrected chi connectivity index (χ1v) is 9.03. The van der Waals surface area contributed by atoms with Gasteiger partial charge in [0.1, 0.15) is 5.75 Å². The molecule has 1 fully saturated rings. The molecule has 1 saturated heterocycles. The molecule has 0 bridgehead atoms. The van der Waals surface area contributed by atoms with Crippen LogP contribution in [0.1, 0.15) is 28.7 Å². The Labute approximate surface area is 162 Å². The van der Waals surface area contributed by atoms with E-state index in [4.69, 9.17) is 9.26 Å². The lowest BCUT2D eigenvalue weighted by molar-refractivity contribution is 0.0938. The number of carbonyl (C=O) groups is 1. The van der Waals surface area contributed by atoms with Gasteiger partial charge in [-0.15, -0.1) is 0 Å². The van der Waals surface area contributed by atoms with Crippen molar-refractivity contribution in [3.8, 4) is 17.1 Å². The Bertz CT molecular complexity index is 942. The number of hydrogen-bond acceptors (Lipinski definition) is 7. The van der Waals surface area contributed by atoms with Crippen LogP contribution in [0.3, 0.4) is 0 Å². The molecule has 2 aromatic heterocycles. The third-order valence-corrected chi connectivity index (χ3v) is 4.88. The van der Waals surface area contributed by atoms with Crippen LogP contribution in [0.15, 0.2) is 53.3 Å². The smallest absolute Gasteiger partial charge is 0.251 e. The van der Waals surface area contributed by atoms with Crippen molar-refractivity contribution < 1.29 is 14.1 Å². The standard InChI is InChI=1S/C20H21N5O3/c1-25-12-15(22-19(26)13-5-7-16(27-2)8-6-13)10-17(25)20-23-18(24-28-20)14-4-3-9-21-11-14/h3-9,11,15,17H,10,12H2,1-2H3,(H,22,26)/t15-,17-/m0/s1. The number of aromatic nitrogens is 3. The zero-order chi connectivity index (χ0) is 19.5. The monoisotopic (exact) mass is 379 g/mol. The van der Waals surface area contributed by atoms with Gasteiger partial charge in [0, 0.05) is 36.1 Å². The molecule has 0 unspecified atom stereocenters. The minimum absolute atomic E-state index is 0.00153. The summed E-state index contributed by atoms with van der Waals surface area (Å²) in [6.45, 7) is 0.706. The van der Waals surface area contributed by atoms with E-state index in [2.05, 4.69) is 25.3 Å². The summed E-state index contributed by atoms with van der Waals surface area (Å²) < 4.78 is 10.6. The molecule has 3 heterocycles. The molecule has 2 atom stereocenters. The molecular weight excluding hydrogens is 358 g/mol. The van der Waals surface area contributed by atoms with E-state index in [0.29, 0.717) is 30.2 Å². The Balaban J connectivity index is 1.42. The van der Waals surface area contributed by atoms with E-state index in [9.17, 15) is 4.79 Å². The molecule has 28 heavy (non-hydrogen) atoms. The summed E-state index contributed by atoms with van der Waals surface area (Å²) in [4.78, 5) is 23.2. The average Bonchev–Trinajstić information content (AvgIpc) is 3.35. The Kier molecular flexibility index (Phi) is 5.03. The van der Waals surface area contributed by atoms with Crippen LogP contribution >= 0.6 is 0 Å². The average molecular weight is 379 g/mol. The molecule has 1 aliphatic heterocycles. The van der Waals surface area contributed by atoms with E-state index in [0.717, 1.165) is 11.3 Å². The van der Waals surface area contributed by atoms with Crippen molar-refractivity contribution in [3.05, 3.63) is 60.2 Å². The molecule has 1 aliphatic rings. The predicted molar refractivity (Wildman–Crippen MR) is 102 cm³/mol. The van der Waals surface area contributed by atoms with E-state index in [1.54, 1.807) is 43.8 Å². The summed E-state index contributed by atoms with van der Waals surface area (Å²) in [6, 6.07) is 10.7. The maximum Gasteiger partial charge on any atom is 0.251 e. The second kappa shape index (κ2) is 7.77. The minimum atomic E-state index is -0.108. The molecule has 144 valence electrons. The van der Waals surface area contributed by atoms with Crippen LogP contribution in [0.4, 0.5) is 0 Å². The van der Waals surface area contributed by atoms with Gasteiger partial charge in [0.05, 0.1) is 13.2 Å². The zero-order valence-corrected chi connectivity index (χ0v) is 15.7. The maximum absolute atomic E-state index is 12.5. The van der Waals surface area contributed by atoms with Gasteiger partial charge in [-0.2, -0.15) is 4.98 Å². The summed E-state index contributed by atoms with van der Waals surface area (Å²) in [7, 11) is 3.58. The van der Waals surface area contributed by atoms with Crippen LogP contribution in [0, 0.1) is 0 Å². The van der Waals surface area contributed by atoms with Crippen LogP contribution in [0.25, 0.3) is 11.4 Å². The van der Waals surface area contributed by atoms with Crippen molar-refractivity contribution in [2.45, 2.75) is 18.5 Å². The van der Waals surface area contributed by atoms with Gasteiger partial charge in [0.2, 0.25) is 11.7 Å². The molecule has 1 amide bonds. The summed E-state index contributed by atoms with van der Waals surface area (Å²) in [6.07, 6.45) is 4.10. The summed E-state index contributed by atoms with van der Waals surface area (Å²) in [5, 5.41) is 7.14. The number of carbonyl (C=O) groups excluding carboxylic acids is 1. The molecule has 0 radical (unpaired) electrons. The third kappa shape index (κ3) is 3.72. The van der Waals surface area contributed by atoms with E-state index in [-0.39, 0.29) is 18.0 Å². The number of benzene rings is 1. The lowest BCUT2D eigenvalue weighted by Gasteiger charge is -2.14. The number of likely N-dealkylation sites (N-methyl/N-ethyl adjacent to an activating group) is 1. The molecule has 1 aromatic carbocycles. The number of amides is 1. The lowest BCUT2D eigenvalue weighted by atomic mass is 10.1. The fraction of sp³-hybridized carbons (Fsp3) is 0.300. The molecule has 3 aromatic rings. The second-order valence-corrected chi connectivity index (χ2v) is 6.79. The van der Waals surface area contributed by atoms with Gasteiger partial charge >= 0.3 is 0 Å². The predicted octanol–water partition coefficient (Wildman–Crippen LogP) is 2.32. The zero-order valence-electron chi connectivity index (χ0n) is 15.7. The van der Waals surface area contributed by atoms with E-state index in [1.165, 1.54) is 0 Å². The highest BCUT2D eigenvalue weighted by molar-refractivity contribution is 5.94. The summed E-state index contributed by atoms with van der Waals surface area (Å²) in [5.74, 6) is 1.67. The van der Waals surface area contributed by atoms with E-state index >= 15 is 0 Å². The Hall–Kier alpha value is -3.26. The van der Waals surface area contributed by atoms with Gasteiger partial charge in [0.15, 0.2) is 0 Å². The molecule has 1 N–H and O–H groups in total. The second-order valence-electron chi connectivity index (χ2n) is 6.79. The van der Waals surface area contributed by atoms with Crippen molar-refractivity contribution in [1.29, 1.82) is 0 Å². The number of nitrogens with one attached hydrogen (secondary N) is 1. The van der Waals surface area contributed by atoms with Crippen LogP contribution in [-0.2, 0) is 0 Å². The highest BCUT2D eigenvalue weighted by Gasteiger charge is 2.35. The van der Waals surface area contributed by atoms with Crippen molar-refractivity contribution in [2.24, 2.45) is 0 Å². The van der Waals surface area contributed by atoms with Crippen molar-refractivity contribution >= 4 is 5.91 Å². The van der Waals surface area contributed by atoms with Crippen molar-refractivity contribution in [2.75, 3.05) is 20.7 Å². The van der Waals surface area contributed by atoms with E-state index < -0.39 is 0 Å². The summed E-state index contributed by atoms with van der Waals surface area (Å²) >= 11 is 0. The normalized spacial score (nSPS) is 19.5. The van der Waals surface area contributed by atoms with Crippen LogP contribution in [0.5, 0.6) is 5.75 Å². The fourth-order valence-corrected chi connectivity index (χ4v) is 3.39. The molecule has 0 spiro atoms. The highest BCUT2D eigenvalue weighted by Crippen LogP contribution is 2.31. The Morgan fingerprint density at radius 2 is 2.11 bits per heavy atom. The first-order chi connectivity index (χ1) is 13.6. The van der Waals surface area contributed by atoms with Gasteiger partial charge < -0.3 is 14.6 Å². The van der Waals surface area contributed by atoms with Crippen LogP contribution in [-0.4, -0.2) is 52.7 Å². The third-order valence-electron chi connectivity index (χ3n) is 4.88. The lowest BCUT2D eigenvalue weighted by Crippen LogP contribution is -2.36. The number of pyridine rings is 1. The van der Waals surface area contributed by atoms with Gasteiger partial charge in [-0.05, 0) is 49.9 Å². The number of nitrogens with zero attached hydrogens (tertiary/aromatic N) is 4. The Morgan fingerprint density at radius 3 is 2.82 bits per heavy atom. The van der Waals surface area contributed by atoms with Crippen LogP contribution < -0.4 is 10.1 Å². The molecule has 8 heteroatoms. The van der Waals surface area contributed by atoms with E-state index in [1.807, 2.05) is 19.2 Å². The fourth-order valence-electron chi connectivity index (χ4n) is 3.39. The SMILES string of the molecule is COc1ccc(C(=O)N[C@H]2C[C@@H](c3nc(-c4cccnc4)no3)N(C)C2)cc1. The molecule has 4 rings (SSSR count). The minimum Gasteiger partial charge on any atom is -0.497 e. The summed E-state index contributed by atoms with van der Waals surface area (Å²) in [5.41, 5.74) is 1.41. The topological polar surface area (TPSA) is 93.4 Å². The quantitative estimate of drug-likeness (QED) is 0.727. The molecule has 0 saturated carbocycles. The number of rotatable bonds is 5. The van der Waals surface area contributed by atoms with Gasteiger partial charge in [-0.3, -0.25) is 14.7 Å². The maximum atomic E-state index is 12.5. The molecule has 0 aliphatic carbocycles. The number of likely N-dealkylation sites (tertiary alicyclic amines) is 1.